The normalized spacial score (nSPS) is 15.5. The van der Waals surface area contributed by atoms with E-state index in [2.05, 4.69) is 27.5 Å². The molecule has 1 fully saturated rings. The third kappa shape index (κ3) is 8.15. The number of nitrogens with one attached hydrogen (secondary N) is 2. The van der Waals surface area contributed by atoms with Crippen molar-refractivity contribution in [1.82, 2.24) is 20.6 Å². The van der Waals surface area contributed by atoms with Gasteiger partial charge >= 0.3 is 6.18 Å². The molecule has 1 unspecified atom stereocenters. The summed E-state index contributed by atoms with van der Waals surface area (Å²) in [5.41, 5.74) is -0.569. The van der Waals surface area contributed by atoms with Crippen LogP contribution in [0.15, 0.2) is 30.6 Å². The van der Waals surface area contributed by atoms with Crippen LogP contribution in [0.25, 0.3) is 11.3 Å². The first-order valence-corrected chi connectivity index (χ1v) is 9.39. The van der Waals surface area contributed by atoms with E-state index in [9.17, 15) is 22.4 Å². The first-order chi connectivity index (χ1) is 13.8. The maximum absolute atomic E-state index is 13.7. The van der Waals surface area contributed by atoms with Crippen molar-refractivity contribution in [3.63, 3.8) is 0 Å². The predicted molar refractivity (Wildman–Crippen MR) is 103 cm³/mol. The summed E-state index contributed by atoms with van der Waals surface area (Å²) >= 11 is 0. The number of amides is 1. The van der Waals surface area contributed by atoms with Gasteiger partial charge in [-0.1, -0.05) is 19.9 Å². The summed E-state index contributed by atoms with van der Waals surface area (Å²) < 4.78 is 50.9. The molecule has 2 aromatic rings. The highest BCUT2D eigenvalue weighted by Crippen LogP contribution is 2.28. The van der Waals surface area contributed by atoms with Gasteiger partial charge in [-0.3, -0.25) is 9.78 Å². The summed E-state index contributed by atoms with van der Waals surface area (Å²) in [6, 6.07) is 4.79. The van der Waals surface area contributed by atoms with Crippen LogP contribution in [0.3, 0.4) is 0 Å². The van der Waals surface area contributed by atoms with Crippen molar-refractivity contribution < 1.29 is 22.4 Å². The Morgan fingerprint density at radius 3 is 2.41 bits per heavy atom. The van der Waals surface area contributed by atoms with Crippen molar-refractivity contribution in [3.8, 4) is 11.3 Å². The van der Waals surface area contributed by atoms with E-state index in [-0.39, 0.29) is 17.8 Å². The van der Waals surface area contributed by atoms with Crippen LogP contribution in [0.4, 0.5) is 17.6 Å². The lowest BCUT2D eigenvalue weighted by molar-refractivity contribution is -0.141. The average molecular weight is 414 g/mol. The van der Waals surface area contributed by atoms with Gasteiger partial charge in [0.05, 0.1) is 18.1 Å². The molecule has 1 aromatic carbocycles. The summed E-state index contributed by atoms with van der Waals surface area (Å²) in [7, 11) is 0. The Hall–Kier alpha value is -2.55. The Kier molecular flexibility index (Phi) is 10.2. The van der Waals surface area contributed by atoms with Gasteiger partial charge in [-0.25, -0.2) is 9.37 Å². The van der Waals surface area contributed by atoms with Crippen molar-refractivity contribution in [2.75, 3.05) is 6.54 Å². The molecule has 1 saturated heterocycles. The summed E-state index contributed by atoms with van der Waals surface area (Å²) in [5, 5.41) is 5.72. The first kappa shape index (κ1) is 24.5. The summed E-state index contributed by atoms with van der Waals surface area (Å²) in [6.45, 7) is 7.64. The van der Waals surface area contributed by atoms with E-state index in [4.69, 9.17) is 0 Å². The van der Waals surface area contributed by atoms with Gasteiger partial charge in [0.1, 0.15) is 5.82 Å². The third-order valence-corrected chi connectivity index (χ3v) is 3.95. The minimum absolute atomic E-state index is 0.0152. The molecule has 1 aromatic heterocycles. The second-order valence-electron chi connectivity index (χ2n) is 6.09. The van der Waals surface area contributed by atoms with Crippen LogP contribution in [-0.2, 0) is 17.5 Å². The van der Waals surface area contributed by atoms with Gasteiger partial charge < -0.3 is 10.6 Å². The van der Waals surface area contributed by atoms with Gasteiger partial charge in [-0.05, 0) is 44.0 Å². The third-order valence-electron chi connectivity index (χ3n) is 3.95. The predicted octanol–water partition coefficient (Wildman–Crippen LogP) is 4.33. The zero-order valence-electron chi connectivity index (χ0n) is 16.7. The Morgan fingerprint density at radius 2 is 1.97 bits per heavy atom. The fraction of sp³-hybridized carbons (Fsp3) is 0.450. The van der Waals surface area contributed by atoms with Crippen molar-refractivity contribution >= 4 is 6.41 Å². The van der Waals surface area contributed by atoms with Crippen LogP contribution < -0.4 is 10.6 Å². The number of carbonyl (C=O) groups excluding carboxylic acids is 1. The van der Waals surface area contributed by atoms with Gasteiger partial charge in [-0.15, -0.1) is 0 Å². The monoisotopic (exact) mass is 414 g/mol. The second-order valence-corrected chi connectivity index (χ2v) is 6.09. The number of rotatable bonds is 4. The zero-order chi connectivity index (χ0) is 21.9. The van der Waals surface area contributed by atoms with Crippen LogP contribution in [0.5, 0.6) is 0 Å². The Bertz CT molecular complexity index is 745. The molecule has 5 nitrogen and oxygen atoms in total. The van der Waals surface area contributed by atoms with Crippen molar-refractivity contribution in [2.24, 2.45) is 0 Å². The molecular formula is C20H26F4N4O. The minimum atomic E-state index is -4.60. The summed E-state index contributed by atoms with van der Waals surface area (Å²) in [5.74, 6) is -0.640. The molecule has 0 saturated carbocycles. The van der Waals surface area contributed by atoms with E-state index < -0.39 is 17.7 Å². The molecule has 0 radical (unpaired) electrons. The molecule has 1 aliphatic heterocycles. The van der Waals surface area contributed by atoms with E-state index >= 15 is 0 Å². The molecule has 29 heavy (non-hydrogen) atoms. The Morgan fingerprint density at radius 1 is 1.24 bits per heavy atom. The highest BCUT2D eigenvalue weighted by molar-refractivity contribution is 5.60. The van der Waals surface area contributed by atoms with Crippen LogP contribution in [0, 0.1) is 5.82 Å². The average Bonchev–Trinajstić information content (AvgIpc) is 3.20. The Labute approximate surface area is 168 Å². The standard InChI is InChI=1S/C13H9F4N3O.C5H11N.C2H6/c14-10-2-1-8(4-18-7-21)3-9(10)11-5-20-12(6-19-11)13(15,16)17;1-5-3-2-4-6-5;1-2/h1-3,5-7H,4H2,(H,18,21);5-6H,2-4H2,1H3;1-2H3. The van der Waals surface area contributed by atoms with E-state index in [1.54, 1.807) is 0 Å². The molecule has 160 valence electrons. The van der Waals surface area contributed by atoms with Gasteiger partial charge in [-0.2, -0.15) is 13.2 Å². The van der Waals surface area contributed by atoms with Crippen LogP contribution in [0.1, 0.15) is 44.9 Å². The minimum Gasteiger partial charge on any atom is -0.355 e. The first-order valence-electron chi connectivity index (χ1n) is 9.39. The smallest absolute Gasteiger partial charge is 0.355 e. The molecule has 0 bridgehead atoms. The molecule has 3 rings (SSSR count). The van der Waals surface area contributed by atoms with E-state index in [1.165, 1.54) is 31.5 Å². The van der Waals surface area contributed by atoms with Crippen molar-refractivity contribution in [1.29, 1.82) is 0 Å². The Balaban J connectivity index is 0.000000442. The van der Waals surface area contributed by atoms with Crippen LogP contribution in [-0.4, -0.2) is 29.0 Å². The van der Waals surface area contributed by atoms with E-state index in [0.29, 0.717) is 18.2 Å². The van der Waals surface area contributed by atoms with Gasteiger partial charge in [0.2, 0.25) is 6.41 Å². The number of aromatic nitrogens is 2. The topological polar surface area (TPSA) is 66.9 Å². The fourth-order valence-electron chi connectivity index (χ4n) is 2.51. The van der Waals surface area contributed by atoms with Crippen molar-refractivity contribution in [3.05, 3.63) is 47.7 Å². The lowest BCUT2D eigenvalue weighted by Gasteiger charge is -2.08. The largest absolute Gasteiger partial charge is 0.434 e. The lowest BCUT2D eigenvalue weighted by Crippen LogP contribution is -2.16. The molecule has 1 aliphatic rings. The number of benzene rings is 1. The highest BCUT2D eigenvalue weighted by Gasteiger charge is 2.32. The molecule has 1 amide bonds. The quantitative estimate of drug-likeness (QED) is 0.577. The molecule has 0 spiro atoms. The second kappa shape index (κ2) is 12.1. The maximum Gasteiger partial charge on any atom is 0.434 e. The maximum atomic E-state index is 13.7. The van der Waals surface area contributed by atoms with E-state index in [1.807, 2.05) is 13.8 Å². The number of nitrogens with zero attached hydrogens (tertiary/aromatic N) is 2. The number of halogens is 4. The number of hydrogen-bond acceptors (Lipinski definition) is 4. The fourth-order valence-corrected chi connectivity index (χ4v) is 2.51. The summed E-state index contributed by atoms with van der Waals surface area (Å²) in [4.78, 5) is 17.0. The molecule has 2 N–H and O–H groups in total. The van der Waals surface area contributed by atoms with Gasteiger partial charge in [0, 0.05) is 18.2 Å². The van der Waals surface area contributed by atoms with Crippen molar-refractivity contribution in [2.45, 2.75) is 52.4 Å². The van der Waals surface area contributed by atoms with Crippen LogP contribution in [0.2, 0.25) is 0 Å². The highest BCUT2D eigenvalue weighted by atomic mass is 19.4. The number of carbonyl (C=O) groups is 1. The SMILES string of the molecule is CC.CC1CCCN1.O=CNCc1ccc(F)c(-c2cnc(C(F)(F)F)cn2)c1. The summed E-state index contributed by atoms with van der Waals surface area (Å²) in [6.07, 6.45) is 0.0468. The molecule has 9 heteroatoms. The van der Waals surface area contributed by atoms with E-state index in [0.717, 1.165) is 18.3 Å². The van der Waals surface area contributed by atoms with Crippen LogP contribution >= 0.6 is 0 Å². The number of hydrogen-bond donors (Lipinski definition) is 2. The molecule has 2 heterocycles. The number of alkyl halides is 3. The molecule has 1 atom stereocenters. The lowest BCUT2D eigenvalue weighted by atomic mass is 10.1. The van der Waals surface area contributed by atoms with Gasteiger partial charge in [0.25, 0.3) is 0 Å². The zero-order valence-corrected chi connectivity index (χ0v) is 16.7. The molecule has 0 aliphatic carbocycles. The molecular weight excluding hydrogens is 388 g/mol. The van der Waals surface area contributed by atoms with Gasteiger partial charge in [0.15, 0.2) is 5.69 Å².